The first-order valence-corrected chi connectivity index (χ1v) is 7.12. The fraction of sp³-hybridized carbons (Fsp3) is 0.438. The molecule has 0 aliphatic carbocycles. The Morgan fingerprint density at radius 2 is 1.95 bits per heavy atom. The van der Waals surface area contributed by atoms with Gasteiger partial charge in [0.05, 0.1) is 0 Å². The predicted molar refractivity (Wildman–Crippen MR) is 80.5 cm³/mol. The van der Waals surface area contributed by atoms with Gasteiger partial charge in [-0.25, -0.2) is 4.79 Å². The highest BCUT2D eigenvalue weighted by atomic mass is 16.4. The Balaban J connectivity index is 1.93. The van der Waals surface area contributed by atoms with Crippen molar-refractivity contribution in [1.82, 2.24) is 9.80 Å². The molecule has 0 unspecified atom stereocenters. The zero-order valence-corrected chi connectivity index (χ0v) is 12.0. The molecule has 0 aromatic heterocycles. The fourth-order valence-corrected chi connectivity index (χ4v) is 2.48. The van der Waals surface area contributed by atoms with Crippen molar-refractivity contribution in [2.45, 2.75) is 13.5 Å². The molecule has 0 radical (unpaired) electrons. The Bertz CT molecular complexity index is 477. The number of piperazine rings is 1. The van der Waals surface area contributed by atoms with Crippen LogP contribution in [0.2, 0.25) is 0 Å². The second-order valence-corrected chi connectivity index (χ2v) is 5.13. The van der Waals surface area contributed by atoms with E-state index in [2.05, 4.69) is 28.9 Å². The van der Waals surface area contributed by atoms with E-state index in [0.717, 1.165) is 44.8 Å². The molecule has 1 aliphatic heterocycles. The maximum Gasteiger partial charge on any atom is 0.328 e. The summed E-state index contributed by atoms with van der Waals surface area (Å²) in [6, 6.07) is 8.08. The first kappa shape index (κ1) is 14.8. The molecule has 20 heavy (non-hydrogen) atoms. The molecule has 1 aromatic rings. The van der Waals surface area contributed by atoms with Gasteiger partial charge < -0.3 is 10.0 Å². The second-order valence-electron chi connectivity index (χ2n) is 5.13. The van der Waals surface area contributed by atoms with E-state index in [1.54, 1.807) is 6.08 Å². The molecule has 4 nitrogen and oxygen atoms in total. The molecule has 4 heteroatoms. The molecule has 1 aliphatic rings. The van der Waals surface area contributed by atoms with Gasteiger partial charge in [-0.1, -0.05) is 31.2 Å². The molecule has 2 rings (SSSR count). The smallest absolute Gasteiger partial charge is 0.328 e. The summed E-state index contributed by atoms with van der Waals surface area (Å²) in [4.78, 5) is 15.4. The molecule has 1 fully saturated rings. The van der Waals surface area contributed by atoms with E-state index in [0.29, 0.717) is 0 Å². The SMILES string of the molecule is CCN1CCN(Cc2cccc(C=CC(=O)O)c2)CC1. The van der Waals surface area contributed by atoms with Gasteiger partial charge in [0.25, 0.3) is 0 Å². The van der Waals surface area contributed by atoms with Crippen LogP contribution in [0.1, 0.15) is 18.1 Å². The molecule has 1 aromatic carbocycles. The monoisotopic (exact) mass is 274 g/mol. The minimum atomic E-state index is -0.911. The summed E-state index contributed by atoms with van der Waals surface area (Å²) in [7, 11) is 0. The largest absolute Gasteiger partial charge is 0.478 e. The van der Waals surface area contributed by atoms with E-state index in [-0.39, 0.29) is 0 Å². The van der Waals surface area contributed by atoms with Crippen LogP contribution in [0.3, 0.4) is 0 Å². The summed E-state index contributed by atoms with van der Waals surface area (Å²) in [6.07, 6.45) is 2.82. The van der Waals surface area contributed by atoms with E-state index >= 15 is 0 Å². The molecule has 108 valence electrons. The summed E-state index contributed by atoms with van der Waals surface area (Å²) >= 11 is 0. The number of rotatable bonds is 5. The first-order chi connectivity index (χ1) is 9.67. The maximum atomic E-state index is 10.5. The van der Waals surface area contributed by atoms with Crippen molar-refractivity contribution in [3.8, 4) is 0 Å². The van der Waals surface area contributed by atoms with Crippen molar-refractivity contribution in [2.24, 2.45) is 0 Å². The number of carbonyl (C=O) groups is 1. The Hall–Kier alpha value is -1.65. The van der Waals surface area contributed by atoms with Crippen LogP contribution in [0, 0.1) is 0 Å². The van der Waals surface area contributed by atoms with Crippen LogP contribution in [-0.2, 0) is 11.3 Å². The van der Waals surface area contributed by atoms with E-state index < -0.39 is 5.97 Å². The number of nitrogens with zero attached hydrogens (tertiary/aromatic N) is 2. The van der Waals surface area contributed by atoms with Gasteiger partial charge in [-0.15, -0.1) is 0 Å². The van der Waals surface area contributed by atoms with Gasteiger partial charge in [0.2, 0.25) is 0 Å². The predicted octanol–water partition coefficient (Wildman–Crippen LogP) is 1.92. The van der Waals surface area contributed by atoms with Gasteiger partial charge >= 0.3 is 5.97 Å². The van der Waals surface area contributed by atoms with Gasteiger partial charge in [0.15, 0.2) is 0 Å². The number of aliphatic carboxylic acids is 1. The second kappa shape index (κ2) is 7.22. The van der Waals surface area contributed by atoms with Crippen LogP contribution >= 0.6 is 0 Å². The maximum absolute atomic E-state index is 10.5. The highest BCUT2D eigenvalue weighted by Crippen LogP contribution is 2.11. The number of hydrogen-bond acceptors (Lipinski definition) is 3. The lowest BCUT2D eigenvalue weighted by Gasteiger charge is -2.34. The van der Waals surface area contributed by atoms with Crippen LogP contribution in [0.25, 0.3) is 6.08 Å². The lowest BCUT2D eigenvalue weighted by atomic mass is 10.1. The average molecular weight is 274 g/mol. The van der Waals surface area contributed by atoms with Crippen LogP contribution in [0.15, 0.2) is 30.3 Å². The highest BCUT2D eigenvalue weighted by molar-refractivity contribution is 5.85. The van der Waals surface area contributed by atoms with E-state index in [4.69, 9.17) is 5.11 Å². The summed E-state index contributed by atoms with van der Waals surface area (Å²) in [5, 5.41) is 8.65. The number of carboxylic acids is 1. The minimum Gasteiger partial charge on any atom is -0.478 e. The molecule has 1 N–H and O–H groups in total. The Morgan fingerprint density at radius 1 is 1.25 bits per heavy atom. The quantitative estimate of drug-likeness (QED) is 0.833. The Kier molecular flexibility index (Phi) is 5.32. The van der Waals surface area contributed by atoms with Crippen LogP contribution in [-0.4, -0.2) is 53.6 Å². The molecule has 0 bridgehead atoms. The fourth-order valence-electron chi connectivity index (χ4n) is 2.48. The van der Waals surface area contributed by atoms with Crippen molar-refractivity contribution in [1.29, 1.82) is 0 Å². The standard InChI is InChI=1S/C16H22N2O2/c1-2-17-8-10-18(11-9-17)13-15-5-3-4-14(12-15)6-7-16(19)20/h3-7,12H,2,8-11,13H2,1H3,(H,19,20). The molecule has 1 heterocycles. The molecular weight excluding hydrogens is 252 g/mol. The van der Waals surface area contributed by atoms with Crippen molar-refractivity contribution in [3.63, 3.8) is 0 Å². The average Bonchev–Trinajstić information content (AvgIpc) is 2.46. The molecule has 0 amide bonds. The minimum absolute atomic E-state index is 0.911. The molecule has 0 saturated carbocycles. The third-order valence-electron chi connectivity index (χ3n) is 3.69. The summed E-state index contributed by atoms with van der Waals surface area (Å²) in [6.45, 7) is 8.74. The van der Waals surface area contributed by atoms with Gasteiger partial charge in [0, 0.05) is 38.8 Å². The molecule has 0 atom stereocenters. The van der Waals surface area contributed by atoms with Crippen molar-refractivity contribution in [3.05, 3.63) is 41.5 Å². The first-order valence-electron chi connectivity index (χ1n) is 7.12. The number of carboxylic acid groups (broad SMARTS) is 1. The third kappa shape index (κ3) is 4.47. The van der Waals surface area contributed by atoms with Crippen molar-refractivity contribution < 1.29 is 9.90 Å². The zero-order chi connectivity index (χ0) is 14.4. The van der Waals surface area contributed by atoms with Gasteiger partial charge in [0.1, 0.15) is 0 Å². The van der Waals surface area contributed by atoms with Gasteiger partial charge in [-0.3, -0.25) is 4.90 Å². The normalized spacial score (nSPS) is 17.6. The van der Waals surface area contributed by atoms with E-state index in [9.17, 15) is 4.79 Å². The summed E-state index contributed by atoms with van der Waals surface area (Å²) < 4.78 is 0. The number of hydrogen-bond donors (Lipinski definition) is 1. The molecular formula is C16H22N2O2. The van der Waals surface area contributed by atoms with Crippen molar-refractivity contribution >= 4 is 12.0 Å². The van der Waals surface area contributed by atoms with E-state index in [1.807, 2.05) is 12.1 Å². The Labute approximate surface area is 120 Å². The van der Waals surface area contributed by atoms with Gasteiger partial charge in [-0.2, -0.15) is 0 Å². The van der Waals surface area contributed by atoms with E-state index in [1.165, 1.54) is 11.6 Å². The van der Waals surface area contributed by atoms with Crippen LogP contribution in [0.4, 0.5) is 0 Å². The Morgan fingerprint density at radius 3 is 2.60 bits per heavy atom. The van der Waals surface area contributed by atoms with Crippen LogP contribution < -0.4 is 0 Å². The topological polar surface area (TPSA) is 43.8 Å². The third-order valence-corrected chi connectivity index (χ3v) is 3.69. The number of likely N-dealkylation sites (N-methyl/N-ethyl adjacent to an activating group) is 1. The highest BCUT2D eigenvalue weighted by Gasteiger charge is 2.15. The van der Waals surface area contributed by atoms with Crippen LogP contribution in [0.5, 0.6) is 0 Å². The lowest BCUT2D eigenvalue weighted by Crippen LogP contribution is -2.45. The zero-order valence-electron chi connectivity index (χ0n) is 12.0. The number of benzene rings is 1. The molecule has 1 saturated heterocycles. The molecule has 0 spiro atoms. The lowest BCUT2D eigenvalue weighted by molar-refractivity contribution is -0.131. The van der Waals surface area contributed by atoms with Gasteiger partial charge in [-0.05, 0) is 23.7 Å². The summed E-state index contributed by atoms with van der Waals surface area (Å²) in [5.41, 5.74) is 2.18. The summed E-state index contributed by atoms with van der Waals surface area (Å²) in [5.74, 6) is -0.911. The van der Waals surface area contributed by atoms with Crippen molar-refractivity contribution in [2.75, 3.05) is 32.7 Å².